The normalized spacial score (nSPS) is 20.1. The van der Waals surface area contributed by atoms with Crippen LogP contribution in [0, 0.1) is 17.8 Å². The van der Waals surface area contributed by atoms with Crippen molar-refractivity contribution in [2.24, 2.45) is 17.8 Å². The Morgan fingerprint density at radius 1 is 0.820 bits per heavy atom. The van der Waals surface area contributed by atoms with Crippen LogP contribution in [0.3, 0.4) is 0 Å². The first-order valence-electron chi connectivity index (χ1n) is 21.1. The first kappa shape index (κ1) is 43.0. The van der Waals surface area contributed by atoms with Gasteiger partial charge in [0.05, 0.1) is 44.0 Å². The van der Waals surface area contributed by atoms with E-state index in [0.717, 1.165) is 63.6 Å². The second kappa shape index (κ2) is 17.1. The first-order valence-corrected chi connectivity index (χ1v) is 21.1. The van der Waals surface area contributed by atoms with Crippen LogP contribution in [0.15, 0.2) is 60.4 Å². The van der Waals surface area contributed by atoms with Gasteiger partial charge in [-0.2, -0.15) is 0 Å². The molecule has 15 heteroatoms. The highest BCUT2D eigenvalue weighted by atomic mass is 16.5. The van der Waals surface area contributed by atoms with E-state index in [1.54, 1.807) is 11.1 Å². The Hall–Kier alpha value is -6.12. The van der Waals surface area contributed by atoms with Gasteiger partial charge in [-0.3, -0.25) is 9.59 Å². The molecule has 0 aliphatic carbocycles. The van der Waals surface area contributed by atoms with Crippen molar-refractivity contribution in [1.29, 1.82) is 0 Å². The third-order valence-electron chi connectivity index (χ3n) is 12.5. The Labute approximate surface area is 357 Å². The van der Waals surface area contributed by atoms with Crippen LogP contribution in [0.4, 0.5) is 9.59 Å². The van der Waals surface area contributed by atoms with Gasteiger partial charge in [0.1, 0.15) is 41.3 Å². The summed E-state index contributed by atoms with van der Waals surface area (Å²) in [5.74, 6) is 2.40. The van der Waals surface area contributed by atoms with Crippen molar-refractivity contribution in [3.8, 4) is 34.0 Å². The lowest BCUT2D eigenvalue weighted by Crippen LogP contribution is -2.51. The zero-order chi connectivity index (χ0) is 43.9. The molecule has 1 fully saturated rings. The number of carbonyl (C=O) groups excluding carboxylic acids is 4. The minimum absolute atomic E-state index is 0.133. The highest BCUT2D eigenvalue weighted by Gasteiger charge is 2.43. The number of imidazole rings is 2. The summed E-state index contributed by atoms with van der Waals surface area (Å²) in [5.41, 5.74) is 6.10. The van der Waals surface area contributed by atoms with Gasteiger partial charge in [0.2, 0.25) is 11.8 Å². The number of alkyl carbamates (subject to hydrolysis) is 2. The number of aromatic nitrogens is 4. The van der Waals surface area contributed by atoms with E-state index < -0.39 is 35.7 Å². The molecular formula is C46H58N8O7. The molecule has 15 nitrogen and oxygen atoms in total. The van der Waals surface area contributed by atoms with Crippen molar-refractivity contribution in [2.75, 3.05) is 27.3 Å². The van der Waals surface area contributed by atoms with E-state index in [1.807, 2.05) is 70.0 Å². The van der Waals surface area contributed by atoms with Gasteiger partial charge in [0.15, 0.2) is 0 Å². The van der Waals surface area contributed by atoms with E-state index in [9.17, 15) is 19.2 Å². The number of hydrogen-bond acceptors (Lipinski definition) is 9. The van der Waals surface area contributed by atoms with Crippen molar-refractivity contribution in [3.63, 3.8) is 0 Å². The zero-order valence-corrected chi connectivity index (χ0v) is 36.7. The number of ether oxygens (including phenoxy) is 3. The monoisotopic (exact) mass is 834 g/mol. The molecule has 5 heterocycles. The Bertz CT molecular complexity index is 2340. The topological polar surface area (TPSA) is 184 Å². The van der Waals surface area contributed by atoms with E-state index in [4.69, 9.17) is 24.2 Å². The van der Waals surface area contributed by atoms with Gasteiger partial charge in [0, 0.05) is 40.8 Å². The van der Waals surface area contributed by atoms with Crippen molar-refractivity contribution in [2.45, 2.75) is 97.8 Å². The Balaban J connectivity index is 1.11. The summed E-state index contributed by atoms with van der Waals surface area (Å²) in [5, 5.41) is 5.43. The Morgan fingerprint density at radius 3 is 2.00 bits per heavy atom. The summed E-state index contributed by atoms with van der Waals surface area (Å²) in [6, 6.07) is 10.1. The number of fused-ring (bicyclic) bond motifs is 2. The van der Waals surface area contributed by atoms with Gasteiger partial charge >= 0.3 is 12.2 Å². The predicted octanol–water partition coefficient (Wildman–Crippen LogP) is 7.79. The number of hydrogen-bond donors (Lipinski definition) is 4. The molecule has 61 heavy (non-hydrogen) atoms. The van der Waals surface area contributed by atoms with Crippen LogP contribution in [0.1, 0.15) is 103 Å². The first-order chi connectivity index (χ1) is 29.1. The quantitative estimate of drug-likeness (QED) is 0.110. The number of benzene rings is 2. The molecule has 3 aliphatic heterocycles. The largest absolute Gasteiger partial charge is 0.457 e. The fourth-order valence-corrected chi connectivity index (χ4v) is 8.98. The molecule has 7 rings (SSSR count). The van der Waals surface area contributed by atoms with Gasteiger partial charge in [0.25, 0.3) is 0 Å². The molecule has 0 spiro atoms. The number of nitrogens with zero attached hydrogens (tertiary/aromatic N) is 4. The highest BCUT2D eigenvalue weighted by Crippen LogP contribution is 2.50. The number of nitrogens with one attached hydrogen (secondary N) is 4. The average Bonchev–Trinajstić information content (AvgIpc) is 4.07. The SMILES string of the molecule is CC[C@H]1CCN(C(=O)[C@@H](NC(=O)OC)C(C)C)[C@@H]1c1ncc(-c2ccc3c(c2)Oc2ccc(-c4cnc([C@@H]5C=C(C)CN5C(=O)[C@@H](NC(=O)OC)C(C)C)[nH]4)cc2C3(C)C)[nH]1. The number of aromatic amines is 2. The molecule has 3 aliphatic rings. The Morgan fingerprint density at radius 2 is 1.39 bits per heavy atom. The molecule has 0 saturated carbocycles. The third kappa shape index (κ3) is 8.21. The van der Waals surface area contributed by atoms with E-state index in [2.05, 4.69) is 59.6 Å². The number of H-pyrrole nitrogens is 2. The molecular weight excluding hydrogens is 777 g/mol. The molecule has 0 unspecified atom stereocenters. The predicted molar refractivity (Wildman–Crippen MR) is 230 cm³/mol. The van der Waals surface area contributed by atoms with Crippen LogP contribution in [-0.2, 0) is 24.5 Å². The summed E-state index contributed by atoms with van der Waals surface area (Å²) >= 11 is 0. The molecule has 4 N–H and O–H groups in total. The molecule has 324 valence electrons. The maximum atomic E-state index is 13.9. The molecule has 4 aromatic rings. The number of rotatable bonds is 11. The molecule has 0 bridgehead atoms. The van der Waals surface area contributed by atoms with Crippen LogP contribution in [0.2, 0.25) is 0 Å². The number of likely N-dealkylation sites (tertiary alicyclic amines) is 1. The second-order valence-corrected chi connectivity index (χ2v) is 17.6. The van der Waals surface area contributed by atoms with Crippen molar-refractivity contribution in [1.82, 2.24) is 40.4 Å². The average molecular weight is 835 g/mol. The minimum atomic E-state index is -0.752. The Kier molecular flexibility index (Phi) is 12.0. The molecule has 0 radical (unpaired) electrons. The van der Waals surface area contributed by atoms with Crippen LogP contribution in [0.5, 0.6) is 11.5 Å². The molecule has 5 atom stereocenters. The van der Waals surface area contributed by atoms with Gasteiger partial charge in [-0.1, -0.05) is 78.7 Å². The van der Waals surface area contributed by atoms with Crippen molar-refractivity contribution in [3.05, 3.63) is 83.2 Å². The molecule has 1 saturated heterocycles. The third-order valence-corrected chi connectivity index (χ3v) is 12.5. The van der Waals surface area contributed by atoms with Crippen LogP contribution < -0.4 is 15.4 Å². The number of carbonyl (C=O) groups is 4. The molecule has 2 aromatic heterocycles. The van der Waals surface area contributed by atoms with Crippen LogP contribution in [-0.4, -0.2) is 93.1 Å². The van der Waals surface area contributed by atoms with E-state index in [-0.39, 0.29) is 35.6 Å². The minimum Gasteiger partial charge on any atom is -0.457 e. The number of amides is 4. The molecule has 2 aromatic carbocycles. The van der Waals surface area contributed by atoms with E-state index >= 15 is 0 Å². The lowest BCUT2D eigenvalue weighted by molar-refractivity contribution is -0.136. The summed E-state index contributed by atoms with van der Waals surface area (Å²) in [6.07, 6.45) is 6.05. The van der Waals surface area contributed by atoms with Crippen molar-refractivity contribution >= 4 is 24.0 Å². The van der Waals surface area contributed by atoms with Crippen molar-refractivity contribution < 1.29 is 33.4 Å². The smallest absolute Gasteiger partial charge is 0.407 e. The second-order valence-electron chi connectivity index (χ2n) is 17.6. The van der Waals surface area contributed by atoms with Gasteiger partial charge in [-0.15, -0.1) is 0 Å². The summed E-state index contributed by atoms with van der Waals surface area (Å²) in [6.45, 7) is 17.1. The van der Waals surface area contributed by atoms with Gasteiger partial charge < -0.3 is 44.6 Å². The summed E-state index contributed by atoms with van der Waals surface area (Å²) in [7, 11) is 2.57. The molecule has 4 amide bonds. The maximum absolute atomic E-state index is 13.9. The fourth-order valence-electron chi connectivity index (χ4n) is 8.98. The highest BCUT2D eigenvalue weighted by molar-refractivity contribution is 5.87. The van der Waals surface area contributed by atoms with Crippen LogP contribution in [0.25, 0.3) is 22.5 Å². The zero-order valence-electron chi connectivity index (χ0n) is 36.7. The van der Waals surface area contributed by atoms with Crippen LogP contribution >= 0.6 is 0 Å². The lowest BCUT2D eigenvalue weighted by atomic mass is 9.75. The summed E-state index contributed by atoms with van der Waals surface area (Å²) in [4.78, 5) is 72.1. The van der Waals surface area contributed by atoms with Gasteiger partial charge in [-0.25, -0.2) is 19.6 Å². The van der Waals surface area contributed by atoms with Gasteiger partial charge in [-0.05, 0) is 55.4 Å². The maximum Gasteiger partial charge on any atom is 0.407 e. The standard InChI is InChI=1S/C46H58N8O7/c1-11-27-16-17-53(42(55)37(24(2)3)51-44(57)59-9)39(27)41-48-22-33(50-41)29-12-14-30-36(20-29)61-35-15-13-28(19-31(35)46(30,7)8)32-21-47-40(49-32)34-18-26(6)23-54(34)43(56)38(25(4)5)52-45(58)60-10/h12-15,18-22,24-25,27,34,37-39H,11,16-17,23H2,1-10H3,(H,47,49)(H,48,50)(H,51,57)(H,52,58)/t27-,34-,37-,38-,39-/m0/s1. The lowest BCUT2D eigenvalue weighted by Gasteiger charge is -2.35. The summed E-state index contributed by atoms with van der Waals surface area (Å²) < 4.78 is 16.2. The fraction of sp³-hybridized carbons (Fsp3) is 0.478. The number of methoxy groups -OCH3 is 2. The van der Waals surface area contributed by atoms with E-state index in [1.165, 1.54) is 14.2 Å². The van der Waals surface area contributed by atoms with E-state index in [0.29, 0.717) is 24.7 Å².